The highest BCUT2D eigenvalue weighted by Crippen LogP contribution is 2.46. The van der Waals surface area contributed by atoms with Crippen molar-refractivity contribution in [3.63, 3.8) is 0 Å². The molecule has 0 unspecified atom stereocenters. The highest BCUT2D eigenvalue weighted by molar-refractivity contribution is 5.91. The van der Waals surface area contributed by atoms with E-state index >= 15 is 0 Å². The van der Waals surface area contributed by atoms with E-state index in [1.807, 2.05) is 19.1 Å². The number of amides is 2. The van der Waals surface area contributed by atoms with Gasteiger partial charge in [0.25, 0.3) is 0 Å². The Morgan fingerprint density at radius 3 is 2.50 bits per heavy atom. The SMILES string of the molecule is CCOC(=O)N1c2cc(OC)c(OC)cc2[C@H](N(Cc2cccnc2)C(=O)OC)C[C@@H]1C. The molecule has 32 heavy (non-hydrogen) atoms. The predicted octanol–water partition coefficient (Wildman–Crippen LogP) is 4.16. The normalized spacial score (nSPS) is 17.2. The van der Waals surface area contributed by atoms with Gasteiger partial charge in [-0.1, -0.05) is 6.07 Å². The van der Waals surface area contributed by atoms with E-state index in [9.17, 15) is 9.59 Å². The van der Waals surface area contributed by atoms with Crippen molar-refractivity contribution in [2.24, 2.45) is 0 Å². The van der Waals surface area contributed by atoms with Gasteiger partial charge < -0.3 is 18.9 Å². The molecule has 0 bridgehead atoms. The molecule has 0 N–H and O–H groups in total. The first-order valence-corrected chi connectivity index (χ1v) is 10.4. The third kappa shape index (κ3) is 4.56. The predicted molar refractivity (Wildman–Crippen MR) is 118 cm³/mol. The summed E-state index contributed by atoms with van der Waals surface area (Å²) >= 11 is 0. The number of ether oxygens (including phenoxy) is 4. The summed E-state index contributed by atoms with van der Waals surface area (Å²) in [7, 11) is 4.43. The fourth-order valence-corrected chi connectivity index (χ4v) is 4.03. The number of hydrogen-bond acceptors (Lipinski definition) is 7. The van der Waals surface area contributed by atoms with Gasteiger partial charge in [0, 0.05) is 30.1 Å². The molecule has 2 atom stereocenters. The summed E-state index contributed by atoms with van der Waals surface area (Å²) in [6.45, 7) is 4.23. The molecule has 9 nitrogen and oxygen atoms in total. The third-order valence-electron chi connectivity index (χ3n) is 5.48. The minimum Gasteiger partial charge on any atom is -0.493 e. The van der Waals surface area contributed by atoms with Crippen LogP contribution in [-0.2, 0) is 16.0 Å². The van der Waals surface area contributed by atoms with Crippen molar-refractivity contribution >= 4 is 17.9 Å². The molecule has 0 fully saturated rings. The second-order valence-electron chi connectivity index (χ2n) is 7.39. The van der Waals surface area contributed by atoms with E-state index < -0.39 is 12.2 Å². The summed E-state index contributed by atoms with van der Waals surface area (Å²) in [5.41, 5.74) is 2.20. The molecule has 2 heterocycles. The average molecular weight is 444 g/mol. The molecule has 1 aliphatic heterocycles. The molecular formula is C23H29N3O6. The fourth-order valence-electron chi connectivity index (χ4n) is 4.03. The van der Waals surface area contributed by atoms with Crippen molar-refractivity contribution in [1.82, 2.24) is 9.88 Å². The molecule has 172 valence electrons. The van der Waals surface area contributed by atoms with Crippen LogP contribution in [0.2, 0.25) is 0 Å². The minimum absolute atomic E-state index is 0.245. The number of rotatable bonds is 6. The summed E-state index contributed by atoms with van der Waals surface area (Å²) in [4.78, 5) is 33.0. The molecule has 0 aliphatic carbocycles. The summed E-state index contributed by atoms with van der Waals surface area (Å²) in [6.07, 6.45) is 2.94. The molecule has 1 aromatic carbocycles. The molecule has 1 aromatic heterocycles. The maximum Gasteiger partial charge on any atom is 0.414 e. The van der Waals surface area contributed by atoms with E-state index in [0.717, 1.165) is 11.1 Å². The molecule has 3 rings (SSSR count). The van der Waals surface area contributed by atoms with Crippen molar-refractivity contribution in [2.45, 2.75) is 38.9 Å². The molecule has 0 saturated heterocycles. The zero-order chi connectivity index (χ0) is 23.3. The molecule has 0 saturated carbocycles. The Balaban J connectivity index is 2.14. The van der Waals surface area contributed by atoms with Gasteiger partial charge in [-0.05, 0) is 38.0 Å². The number of nitrogens with zero attached hydrogens (tertiary/aromatic N) is 3. The number of carbonyl (C=O) groups is 2. The van der Waals surface area contributed by atoms with Gasteiger partial charge in [0.2, 0.25) is 0 Å². The Labute approximate surface area is 187 Å². The van der Waals surface area contributed by atoms with Crippen LogP contribution in [0.4, 0.5) is 15.3 Å². The number of methoxy groups -OCH3 is 3. The first-order valence-electron chi connectivity index (χ1n) is 10.4. The van der Waals surface area contributed by atoms with Crippen LogP contribution in [0, 0.1) is 0 Å². The van der Waals surface area contributed by atoms with Gasteiger partial charge in [-0.2, -0.15) is 0 Å². The van der Waals surface area contributed by atoms with Crippen LogP contribution in [0.5, 0.6) is 11.5 Å². The molecule has 9 heteroatoms. The summed E-state index contributed by atoms with van der Waals surface area (Å²) < 4.78 is 21.4. The maximum atomic E-state index is 12.8. The van der Waals surface area contributed by atoms with Crippen LogP contribution >= 0.6 is 0 Å². The number of fused-ring (bicyclic) bond motifs is 1. The minimum atomic E-state index is -0.476. The Hall–Kier alpha value is -3.49. The Morgan fingerprint density at radius 1 is 1.19 bits per heavy atom. The van der Waals surface area contributed by atoms with Gasteiger partial charge >= 0.3 is 12.2 Å². The second kappa shape index (κ2) is 10.2. The van der Waals surface area contributed by atoms with Gasteiger partial charge in [0.05, 0.1) is 46.2 Å². The molecular weight excluding hydrogens is 414 g/mol. The quantitative estimate of drug-likeness (QED) is 0.662. The number of hydrogen-bond donors (Lipinski definition) is 0. The first-order chi connectivity index (χ1) is 15.4. The van der Waals surface area contributed by atoms with Crippen molar-refractivity contribution < 1.29 is 28.5 Å². The monoisotopic (exact) mass is 443 g/mol. The number of pyridine rings is 1. The number of anilines is 1. The number of carbonyl (C=O) groups excluding carboxylic acids is 2. The smallest absolute Gasteiger partial charge is 0.414 e. The molecule has 1 aliphatic rings. The number of benzene rings is 1. The molecule has 0 spiro atoms. The Kier molecular flexibility index (Phi) is 7.40. The largest absolute Gasteiger partial charge is 0.493 e. The van der Waals surface area contributed by atoms with E-state index in [-0.39, 0.29) is 18.7 Å². The van der Waals surface area contributed by atoms with E-state index in [1.54, 1.807) is 48.4 Å². The Morgan fingerprint density at radius 2 is 1.91 bits per heavy atom. The fraction of sp³-hybridized carbons (Fsp3) is 0.435. The van der Waals surface area contributed by atoms with Crippen molar-refractivity contribution in [2.75, 3.05) is 32.8 Å². The lowest BCUT2D eigenvalue weighted by Gasteiger charge is -2.42. The van der Waals surface area contributed by atoms with Gasteiger partial charge in [-0.3, -0.25) is 14.8 Å². The lowest BCUT2D eigenvalue weighted by Crippen LogP contribution is -2.47. The topological polar surface area (TPSA) is 90.4 Å². The number of aromatic nitrogens is 1. The van der Waals surface area contributed by atoms with Crippen LogP contribution in [-0.4, -0.2) is 56.0 Å². The van der Waals surface area contributed by atoms with E-state index in [2.05, 4.69) is 4.98 Å². The summed E-state index contributed by atoms with van der Waals surface area (Å²) in [6, 6.07) is 6.64. The van der Waals surface area contributed by atoms with Crippen LogP contribution in [0.15, 0.2) is 36.7 Å². The van der Waals surface area contributed by atoms with Gasteiger partial charge in [-0.25, -0.2) is 9.59 Å². The zero-order valence-electron chi connectivity index (χ0n) is 19.0. The Bertz CT molecular complexity index is 952. The highest BCUT2D eigenvalue weighted by Gasteiger charge is 2.40. The molecule has 2 amide bonds. The standard InChI is InChI=1S/C23H29N3O6/c1-6-32-23(28)26-15(2)10-18(17-11-20(29-3)21(30-4)12-19(17)26)25(22(27)31-5)14-16-8-7-9-24-13-16/h7-9,11-13,15,18H,6,10,14H2,1-5H3/t15-,18+/m0/s1. The molecule has 0 radical (unpaired) electrons. The van der Waals surface area contributed by atoms with E-state index in [4.69, 9.17) is 18.9 Å². The summed E-state index contributed by atoms with van der Waals surface area (Å²) in [5, 5.41) is 0. The van der Waals surface area contributed by atoms with Gasteiger partial charge in [-0.15, -0.1) is 0 Å². The van der Waals surface area contributed by atoms with Crippen molar-refractivity contribution in [3.8, 4) is 11.5 Å². The van der Waals surface area contributed by atoms with Gasteiger partial charge in [0.1, 0.15) is 0 Å². The van der Waals surface area contributed by atoms with E-state index in [0.29, 0.717) is 30.2 Å². The highest BCUT2D eigenvalue weighted by atomic mass is 16.6. The van der Waals surface area contributed by atoms with Crippen LogP contribution in [0.3, 0.4) is 0 Å². The third-order valence-corrected chi connectivity index (χ3v) is 5.48. The lowest BCUT2D eigenvalue weighted by atomic mass is 9.90. The van der Waals surface area contributed by atoms with Crippen LogP contribution in [0.1, 0.15) is 37.4 Å². The van der Waals surface area contributed by atoms with Crippen molar-refractivity contribution in [1.29, 1.82) is 0 Å². The van der Waals surface area contributed by atoms with Crippen LogP contribution < -0.4 is 14.4 Å². The van der Waals surface area contributed by atoms with Crippen LogP contribution in [0.25, 0.3) is 0 Å². The summed E-state index contributed by atoms with van der Waals surface area (Å²) in [5.74, 6) is 0.978. The van der Waals surface area contributed by atoms with Crippen molar-refractivity contribution in [3.05, 3.63) is 47.8 Å². The maximum absolute atomic E-state index is 12.8. The van der Waals surface area contributed by atoms with E-state index in [1.165, 1.54) is 14.2 Å². The average Bonchev–Trinajstić information content (AvgIpc) is 2.81. The molecule has 2 aromatic rings. The second-order valence-corrected chi connectivity index (χ2v) is 7.39. The lowest BCUT2D eigenvalue weighted by molar-refractivity contribution is 0.0940. The first kappa shape index (κ1) is 23.2. The zero-order valence-corrected chi connectivity index (χ0v) is 19.0. The van der Waals surface area contributed by atoms with Gasteiger partial charge in [0.15, 0.2) is 11.5 Å².